The number of hydrogen-bond acceptors (Lipinski definition) is 7. The van der Waals surface area contributed by atoms with Gasteiger partial charge in [-0.3, -0.25) is 4.79 Å². The molecule has 10 heteroatoms. The maximum atomic E-state index is 12.5. The van der Waals surface area contributed by atoms with Gasteiger partial charge in [-0.15, -0.1) is 10.2 Å². The molecule has 0 aliphatic carbocycles. The zero-order chi connectivity index (χ0) is 18.8. The number of nitrogens with zero attached hydrogens (tertiary/aromatic N) is 8. The first-order valence-corrected chi connectivity index (χ1v) is 9.12. The third-order valence-corrected chi connectivity index (χ3v) is 4.93. The van der Waals surface area contributed by atoms with E-state index in [1.54, 1.807) is 24.0 Å². The van der Waals surface area contributed by atoms with Crippen LogP contribution < -0.4 is 0 Å². The third kappa shape index (κ3) is 3.46. The summed E-state index contributed by atoms with van der Waals surface area (Å²) in [6, 6.07) is 1.68. The summed E-state index contributed by atoms with van der Waals surface area (Å²) in [4.78, 5) is 18.3. The minimum absolute atomic E-state index is 0.0992. The van der Waals surface area contributed by atoms with Gasteiger partial charge >= 0.3 is 0 Å². The normalized spacial score (nSPS) is 15.4. The highest BCUT2D eigenvalue weighted by atomic mass is 16.5. The van der Waals surface area contributed by atoms with Gasteiger partial charge in [-0.1, -0.05) is 5.16 Å². The molecule has 1 aliphatic heterocycles. The molecule has 10 nitrogen and oxygen atoms in total. The van der Waals surface area contributed by atoms with Crippen LogP contribution in [0.15, 0.2) is 23.2 Å². The molecule has 1 fully saturated rings. The van der Waals surface area contributed by atoms with E-state index < -0.39 is 0 Å². The summed E-state index contributed by atoms with van der Waals surface area (Å²) in [7, 11) is 0. The Morgan fingerprint density at radius 3 is 2.74 bits per heavy atom. The van der Waals surface area contributed by atoms with Crippen molar-refractivity contribution in [2.24, 2.45) is 0 Å². The zero-order valence-electron chi connectivity index (χ0n) is 15.4. The lowest BCUT2D eigenvalue weighted by Gasteiger charge is -2.31. The minimum atomic E-state index is -0.0992. The first kappa shape index (κ1) is 17.4. The summed E-state index contributed by atoms with van der Waals surface area (Å²) in [5.41, 5.74) is 0.712. The summed E-state index contributed by atoms with van der Waals surface area (Å²) in [5, 5.41) is 16.7. The van der Waals surface area contributed by atoms with E-state index in [0.717, 1.165) is 31.0 Å². The average molecular weight is 370 g/mol. The fourth-order valence-electron chi connectivity index (χ4n) is 3.53. The van der Waals surface area contributed by atoms with Crippen molar-refractivity contribution in [3.63, 3.8) is 0 Å². The molecule has 1 amide bonds. The van der Waals surface area contributed by atoms with E-state index in [0.29, 0.717) is 31.1 Å². The van der Waals surface area contributed by atoms with Gasteiger partial charge in [0.05, 0.1) is 5.69 Å². The molecule has 0 aromatic carbocycles. The monoisotopic (exact) mass is 370 g/mol. The van der Waals surface area contributed by atoms with Crippen molar-refractivity contribution in [2.45, 2.75) is 45.7 Å². The van der Waals surface area contributed by atoms with Crippen LogP contribution in [0.1, 0.15) is 53.6 Å². The average Bonchev–Trinajstić information content (AvgIpc) is 3.43. The molecule has 3 aromatic rings. The van der Waals surface area contributed by atoms with E-state index in [1.807, 2.05) is 4.90 Å². The van der Waals surface area contributed by atoms with Crippen LogP contribution in [0.4, 0.5) is 0 Å². The molecule has 1 saturated heterocycles. The van der Waals surface area contributed by atoms with Gasteiger partial charge < -0.3 is 14.0 Å². The van der Waals surface area contributed by atoms with Crippen LogP contribution in [0.3, 0.4) is 0 Å². The van der Waals surface area contributed by atoms with Crippen molar-refractivity contribution >= 4 is 5.91 Å². The molecule has 142 valence electrons. The van der Waals surface area contributed by atoms with Crippen LogP contribution in [0, 0.1) is 6.92 Å². The number of carbonyl (C=O) groups excluding carboxylic acids is 1. The highest BCUT2D eigenvalue weighted by Gasteiger charge is 2.29. The highest BCUT2D eigenvalue weighted by Crippen LogP contribution is 2.28. The lowest BCUT2D eigenvalue weighted by molar-refractivity contribution is 0.0668. The minimum Gasteiger partial charge on any atom is -0.351 e. The van der Waals surface area contributed by atoms with E-state index in [-0.39, 0.29) is 11.8 Å². The van der Waals surface area contributed by atoms with Gasteiger partial charge in [-0.2, -0.15) is 5.10 Å². The topological polar surface area (TPSA) is 108 Å². The Balaban J connectivity index is 1.43. The number of hydrogen-bond donors (Lipinski definition) is 0. The predicted molar refractivity (Wildman–Crippen MR) is 93.9 cm³/mol. The number of aryl methyl sites for hydroxylation is 1. The van der Waals surface area contributed by atoms with Crippen molar-refractivity contribution < 1.29 is 9.32 Å². The van der Waals surface area contributed by atoms with Crippen molar-refractivity contribution in [1.29, 1.82) is 0 Å². The highest BCUT2D eigenvalue weighted by molar-refractivity contribution is 5.91. The number of amides is 1. The smallest absolute Gasteiger partial charge is 0.292 e. The van der Waals surface area contributed by atoms with Crippen molar-refractivity contribution in [3.8, 4) is 0 Å². The molecule has 0 N–H and O–H groups in total. The molecule has 0 spiro atoms. The fourth-order valence-corrected chi connectivity index (χ4v) is 3.53. The number of piperidine rings is 1. The van der Waals surface area contributed by atoms with Crippen molar-refractivity contribution in [1.82, 2.24) is 39.6 Å². The van der Waals surface area contributed by atoms with Crippen LogP contribution in [0.5, 0.6) is 0 Å². The Kier molecular flexibility index (Phi) is 4.69. The molecule has 27 heavy (non-hydrogen) atoms. The van der Waals surface area contributed by atoms with Gasteiger partial charge in [0.1, 0.15) is 25.0 Å². The molecule has 0 bridgehead atoms. The van der Waals surface area contributed by atoms with Crippen LogP contribution in [0.2, 0.25) is 0 Å². The molecule has 0 unspecified atom stereocenters. The largest absolute Gasteiger partial charge is 0.351 e. The maximum Gasteiger partial charge on any atom is 0.292 e. The summed E-state index contributed by atoms with van der Waals surface area (Å²) in [6.07, 6.45) is 4.88. The van der Waals surface area contributed by atoms with Crippen LogP contribution in [-0.2, 0) is 13.1 Å². The Bertz CT molecular complexity index is 905. The second-order valence-electron chi connectivity index (χ2n) is 6.71. The summed E-state index contributed by atoms with van der Waals surface area (Å²) in [5.74, 6) is 2.34. The molecule has 0 radical (unpaired) electrons. The second kappa shape index (κ2) is 7.29. The summed E-state index contributed by atoms with van der Waals surface area (Å²) >= 11 is 0. The van der Waals surface area contributed by atoms with E-state index in [2.05, 4.69) is 36.9 Å². The first-order valence-electron chi connectivity index (χ1n) is 9.12. The molecule has 0 atom stereocenters. The summed E-state index contributed by atoms with van der Waals surface area (Å²) in [6.45, 7) is 6.56. The SMILES string of the molecule is CCn1c(Cn2cncn2)nnc1C1CCN(C(=O)c2cc(C)no2)CC1. The fraction of sp³-hybridized carbons (Fsp3) is 0.529. The Hall–Kier alpha value is -3.04. The molecule has 4 heterocycles. The maximum absolute atomic E-state index is 12.5. The van der Waals surface area contributed by atoms with Gasteiger partial charge in [-0.05, 0) is 26.7 Å². The summed E-state index contributed by atoms with van der Waals surface area (Å²) < 4.78 is 8.98. The first-order chi connectivity index (χ1) is 13.2. The van der Waals surface area contributed by atoms with Gasteiger partial charge in [0.15, 0.2) is 5.82 Å². The van der Waals surface area contributed by atoms with Crippen molar-refractivity contribution in [2.75, 3.05) is 13.1 Å². The Morgan fingerprint density at radius 1 is 1.30 bits per heavy atom. The van der Waals surface area contributed by atoms with Crippen LogP contribution in [-0.4, -0.2) is 58.6 Å². The molecule has 1 aliphatic rings. The van der Waals surface area contributed by atoms with E-state index >= 15 is 0 Å². The van der Waals surface area contributed by atoms with Gasteiger partial charge in [0.2, 0.25) is 5.76 Å². The van der Waals surface area contributed by atoms with E-state index in [4.69, 9.17) is 4.52 Å². The molecule has 3 aromatic heterocycles. The number of carbonyl (C=O) groups is 1. The van der Waals surface area contributed by atoms with E-state index in [9.17, 15) is 4.79 Å². The quantitative estimate of drug-likeness (QED) is 0.665. The molecule has 4 rings (SSSR count). The standard InChI is InChI=1S/C17H22N8O2/c1-3-25-15(9-24-11-18-10-19-24)20-21-16(25)13-4-6-23(7-5-13)17(26)14-8-12(2)22-27-14/h8,10-11,13H,3-7,9H2,1-2H3. The predicted octanol–water partition coefficient (Wildman–Crippen LogP) is 1.25. The Labute approximate surface area is 156 Å². The van der Waals surface area contributed by atoms with Gasteiger partial charge in [0, 0.05) is 31.6 Å². The molecular formula is C17H22N8O2. The second-order valence-corrected chi connectivity index (χ2v) is 6.71. The zero-order valence-corrected chi connectivity index (χ0v) is 15.4. The van der Waals surface area contributed by atoms with Gasteiger partial charge in [-0.25, -0.2) is 9.67 Å². The number of aromatic nitrogens is 7. The third-order valence-electron chi connectivity index (χ3n) is 4.93. The molecular weight excluding hydrogens is 348 g/mol. The lowest BCUT2D eigenvalue weighted by Crippen LogP contribution is -2.38. The number of rotatable bonds is 5. The van der Waals surface area contributed by atoms with Crippen LogP contribution >= 0.6 is 0 Å². The Morgan fingerprint density at radius 2 is 2.11 bits per heavy atom. The lowest BCUT2D eigenvalue weighted by atomic mass is 9.95. The van der Waals surface area contributed by atoms with Gasteiger partial charge in [0.25, 0.3) is 5.91 Å². The van der Waals surface area contributed by atoms with Crippen LogP contribution in [0.25, 0.3) is 0 Å². The molecule has 0 saturated carbocycles. The van der Waals surface area contributed by atoms with E-state index in [1.165, 1.54) is 6.33 Å². The number of likely N-dealkylation sites (tertiary alicyclic amines) is 1. The van der Waals surface area contributed by atoms with Crippen molar-refractivity contribution in [3.05, 3.63) is 41.8 Å².